The maximum Gasteiger partial charge on any atom is 0.219 e. The van der Waals surface area contributed by atoms with E-state index in [1.54, 1.807) is 23.0 Å². The van der Waals surface area contributed by atoms with Gasteiger partial charge in [-0.25, -0.2) is 0 Å². The van der Waals surface area contributed by atoms with Crippen LogP contribution in [0.3, 0.4) is 0 Å². The summed E-state index contributed by atoms with van der Waals surface area (Å²) in [7, 11) is 0. The number of nitrogens with two attached hydrogens (primary N) is 1. The van der Waals surface area contributed by atoms with Crippen molar-refractivity contribution in [1.82, 2.24) is 9.78 Å². The highest BCUT2D eigenvalue weighted by Crippen LogP contribution is 2.22. The lowest BCUT2D eigenvalue weighted by Crippen LogP contribution is -2.14. The topological polar surface area (TPSA) is 72.9 Å². The lowest BCUT2D eigenvalue weighted by atomic mass is 10.2. The maximum atomic E-state index is 10.7. The van der Waals surface area contributed by atoms with Gasteiger partial charge in [-0.15, -0.1) is 0 Å². The minimum Gasteiger partial charge on any atom is -0.370 e. The molecule has 0 bridgehead atoms. The van der Waals surface area contributed by atoms with E-state index in [4.69, 9.17) is 28.9 Å². The summed E-state index contributed by atoms with van der Waals surface area (Å²) in [4.78, 5) is 10.7. The van der Waals surface area contributed by atoms with E-state index in [-0.39, 0.29) is 12.3 Å². The molecule has 0 spiro atoms. The number of aromatic nitrogens is 2. The van der Waals surface area contributed by atoms with E-state index >= 15 is 0 Å². The zero-order valence-corrected chi connectivity index (χ0v) is 12.2. The quantitative estimate of drug-likeness (QED) is 0.861. The number of hydrogen-bond acceptors (Lipinski definition) is 3. The first kappa shape index (κ1) is 14.7. The SMILES string of the molecule is NC(=O)CCn1ccc(NCc2ccc(Cl)c(Cl)c2)n1. The fourth-order valence-electron chi connectivity index (χ4n) is 1.65. The molecule has 0 radical (unpaired) electrons. The molecule has 0 fully saturated rings. The second kappa shape index (κ2) is 6.63. The maximum absolute atomic E-state index is 10.7. The highest BCUT2D eigenvalue weighted by atomic mass is 35.5. The number of aryl methyl sites for hydroxylation is 1. The Morgan fingerprint density at radius 3 is 2.80 bits per heavy atom. The highest BCUT2D eigenvalue weighted by Gasteiger charge is 2.02. The molecule has 0 aliphatic rings. The molecule has 0 atom stereocenters. The molecular weight excluding hydrogens is 299 g/mol. The normalized spacial score (nSPS) is 10.5. The number of anilines is 1. The molecule has 1 aromatic heterocycles. The average Bonchev–Trinajstić information content (AvgIpc) is 2.86. The average molecular weight is 313 g/mol. The predicted octanol–water partition coefficient (Wildman–Crippen LogP) is 2.68. The van der Waals surface area contributed by atoms with Crippen LogP contribution in [0, 0.1) is 0 Å². The van der Waals surface area contributed by atoms with Gasteiger partial charge in [-0.1, -0.05) is 29.3 Å². The van der Waals surface area contributed by atoms with Gasteiger partial charge >= 0.3 is 0 Å². The zero-order valence-electron chi connectivity index (χ0n) is 10.6. The molecule has 1 amide bonds. The number of carbonyl (C=O) groups excluding carboxylic acids is 1. The van der Waals surface area contributed by atoms with Gasteiger partial charge in [0.1, 0.15) is 5.82 Å². The van der Waals surface area contributed by atoms with Crippen LogP contribution in [-0.2, 0) is 17.9 Å². The number of rotatable bonds is 6. The molecule has 0 saturated heterocycles. The molecule has 0 aliphatic heterocycles. The molecule has 0 aliphatic carbocycles. The number of carbonyl (C=O) groups is 1. The largest absolute Gasteiger partial charge is 0.370 e. The van der Waals surface area contributed by atoms with Crippen LogP contribution >= 0.6 is 23.2 Å². The fourth-order valence-corrected chi connectivity index (χ4v) is 1.97. The van der Waals surface area contributed by atoms with Gasteiger partial charge in [-0.2, -0.15) is 5.10 Å². The van der Waals surface area contributed by atoms with Crippen molar-refractivity contribution in [2.24, 2.45) is 5.73 Å². The van der Waals surface area contributed by atoms with Gasteiger partial charge in [-0.05, 0) is 17.7 Å². The van der Waals surface area contributed by atoms with Crippen LogP contribution in [0.4, 0.5) is 5.82 Å². The summed E-state index contributed by atoms with van der Waals surface area (Å²) >= 11 is 11.8. The Hall–Kier alpha value is -1.72. The zero-order chi connectivity index (χ0) is 14.5. The molecule has 7 heteroatoms. The monoisotopic (exact) mass is 312 g/mol. The number of primary amides is 1. The lowest BCUT2D eigenvalue weighted by molar-refractivity contribution is -0.118. The molecule has 106 valence electrons. The standard InChI is InChI=1S/C13H14Cl2N4O/c14-10-2-1-9(7-11(10)15)8-17-13-4-6-19(18-13)5-3-12(16)20/h1-2,4,6-7H,3,5,8H2,(H2,16,20)(H,17,18). The second-order valence-electron chi connectivity index (χ2n) is 4.28. The van der Waals surface area contributed by atoms with Crippen molar-refractivity contribution < 1.29 is 4.79 Å². The van der Waals surface area contributed by atoms with Gasteiger partial charge in [-0.3, -0.25) is 9.48 Å². The number of hydrogen-bond donors (Lipinski definition) is 2. The summed E-state index contributed by atoms with van der Waals surface area (Å²) in [6.45, 7) is 1.06. The first-order chi connectivity index (χ1) is 9.54. The van der Waals surface area contributed by atoms with Crippen LogP contribution < -0.4 is 11.1 Å². The van der Waals surface area contributed by atoms with Crippen molar-refractivity contribution in [3.8, 4) is 0 Å². The minimum absolute atomic E-state index is 0.272. The summed E-state index contributed by atoms with van der Waals surface area (Å²) < 4.78 is 1.67. The Bertz CT molecular complexity index is 612. The van der Waals surface area contributed by atoms with Crippen molar-refractivity contribution in [2.75, 3.05) is 5.32 Å². The number of nitrogens with one attached hydrogen (secondary N) is 1. The van der Waals surface area contributed by atoms with Gasteiger partial charge in [0.2, 0.25) is 5.91 Å². The molecular formula is C13H14Cl2N4O. The predicted molar refractivity (Wildman–Crippen MR) is 79.8 cm³/mol. The number of halogens is 2. The first-order valence-corrected chi connectivity index (χ1v) is 6.80. The summed E-state index contributed by atoms with van der Waals surface area (Å²) in [6.07, 6.45) is 2.06. The summed E-state index contributed by atoms with van der Waals surface area (Å²) in [6, 6.07) is 7.29. The highest BCUT2D eigenvalue weighted by molar-refractivity contribution is 6.42. The van der Waals surface area contributed by atoms with Gasteiger partial charge in [0.25, 0.3) is 0 Å². The lowest BCUT2D eigenvalue weighted by Gasteiger charge is -2.05. The van der Waals surface area contributed by atoms with Crippen molar-refractivity contribution in [1.29, 1.82) is 0 Å². The Balaban J connectivity index is 1.90. The van der Waals surface area contributed by atoms with Crippen molar-refractivity contribution in [3.63, 3.8) is 0 Å². The van der Waals surface area contributed by atoms with Crippen molar-refractivity contribution >= 4 is 34.9 Å². The third kappa shape index (κ3) is 4.15. The van der Waals surface area contributed by atoms with E-state index in [1.807, 2.05) is 12.1 Å². The van der Waals surface area contributed by atoms with Gasteiger partial charge in [0.15, 0.2) is 0 Å². The van der Waals surface area contributed by atoms with E-state index in [2.05, 4.69) is 10.4 Å². The number of nitrogens with zero attached hydrogens (tertiary/aromatic N) is 2. The van der Waals surface area contributed by atoms with Gasteiger partial charge in [0, 0.05) is 31.8 Å². The van der Waals surface area contributed by atoms with Crippen LogP contribution in [0.15, 0.2) is 30.5 Å². The third-order valence-electron chi connectivity index (χ3n) is 2.69. The Kier molecular flexibility index (Phi) is 4.87. The molecule has 0 saturated carbocycles. The molecule has 5 nitrogen and oxygen atoms in total. The Morgan fingerprint density at radius 1 is 1.30 bits per heavy atom. The Morgan fingerprint density at radius 2 is 2.10 bits per heavy atom. The van der Waals surface area contributed by atoms with Crippen LogP contribution in [-0.4, -0.2) is 15.7 Å². The van der Waals surface area contributed by atoms with E-state index in [1.165, 1.54) is 0 Å². The van der Waals surface area contributed by atoms with E-state index < -0.39 is 0 Å². The van der Waals surface area contributed by atoms with Crippen molar-refractivity contribution in [2.45, 2.75) is 19.5 Å². The minimum atomic E-state index is -0.342. The molecule has 2 rings (SSSR count). The molecule has 2 aromatic rings. The molecule has 3 N–H and O–H groups in total. The van der Waals surface area contributed by atoms with Gasteiger partial charge in [0.05, 0.1) is 10.0 Å². The number of benzene rings is 1. The van der Waals surface area contributed by atoms with E-state index in [0.717, 1.165) is 11.4 Å². The second-order valence-corrected chi connectivity index (χ2v) is 5.10. The Labute approximate surface area is 126 Å². The summed E-state index contributed by atoms with van der Waals surface area (Å²) in [5.74, 6) is 0.381. The molecule has 0 unspecified atom stereocenters. The smallest absolute Gasteiger partial charge is 0.219 e. The van der Waals surface area contributed by atoms with Crippen LogP contribution in [0.5, 0.6) is 0 Å². The van der Waals surface area contributed by atoms with Crippen molar-refractivity contribution in [3.05, 3.63) is 46.1 Å². The summed E-state index contributed by atoms with van der Waals surface area (Å²) in [5.41, 5.74) is 6.09. The summed E-state index contributed by atoms with van der Waals surface area (Å²) in [5, 5.41) is 8.50. The molecule has 1 aromatic carbocycles. The van der Waals surface area contributed by atoms with E-state index in [0.29, 0.717) is 23.1 Å². The molecule has 20 heavy (non-hydrogen) atoms. The third-order valence-corrected chi connectivity index (χ3v) is 3.42. The van der Waals surface area contributed by atoms with Crippen LogP contribution in [0.1, 0.15) is 12.0 Å². The van der Waals surface area contributed by atoms with Gasteiger partial charge < -0.3 is 11.1 Å². The first-order valence-electron chi connectivity index (χ1n) is 6.04. The fraction of sp³-hybridized carbons (Fsp3) is 0.231. The molecule has 1 heterocycles. The number of amides is 1. The van der Waals surface area contributed by atoms with Crippen LogP contribution in [0.2, 0.25) is 10.0 Å². The van der Waals surface area contributed by atoms with Crippen LogP contribution in [0.25, 0.3) is 0 Å². The van der Waals surface area contributed by atoms with E-state index in [9.17, 15) is 4.79 Å².